The molecule has 0 aromatic heterocycles. The predicted octanol–water partition coefficient (Wildman–Crippen LogP) is 6.08. The lowest BCUT2D eigenvalue weighted by atomic mass is 9.98. The first-order valence-electron chi connectivity index (χ1n) is 13.1. The molecule has 4 amide bonds. The van der Waals surface area contributed by atoms with Crippen LogP contribution in [-0.4, -0.2) is 37.0 Å². The quantitative estimate of drug-likeness (QED) is 0.332. The van der Waals surface area contributed by atoms with Gasteiger partial charge in [-0.25, -0.2) is 4.79 Å². The topological polar surface area (TPSA) is 90.5 Å². The van der Waals surface area contributed by atoms with Crippen molar-refractivity contribution in [1.82, 2.24) is 10.6 Å². The lowest BCUT2D eigenvalue weighted by Gasteiger charge is -2.32. The van der Waals surface area contributed by atoms with Gasteiger partial charge in [-0.1, -0.05) is 44.2 Å². The van der Waals surface area contributed by atoms with E-state index in [0.717, 1.165) is 35.4 Å². The molecule has 3 N–H and O–H groups in total. The maximum atomic E-state index is 13.2. The first kappa shape index (κ1) is 28.7. The third-order valence-electron chi connectivity index (χ3n) is 6.55. The first-order valence-corrected chi connectivity index (χ1v) is 13.1. The van der Waals surface area contributed by atoms with E-state index in [1.807, 2.05) is 44.2 Å². The number of carbonyl (C=O) groups excluding carboxylic acids is 3. The summed E-state index contributed by atoms with van der Waals surface area (Å²) in [5, 5.41) is 8.05. The average Bonchev–Trinajstić information content (AvgIpc) is 2.93. The second-order valence-electron chi connectivity index (χ2n) is 10.1. The molecule has 0 spiro atoms. The molecule has 210 valence electrons. The number of piperidine rings is 1. The summed E-state index contributed by atoms with van der Waals surface area (Å²) in [6, 6.07) is 17.3. The number of urea groups is 1. The van der Waals surface area contributed by atoms with Gasteiger partial charge in [-0.3, -0.25) is 9.59 Å². The van der Waals surface area contributed by atoms with Crippen LogP contribution in [0.4, 0.5) is 29.3 Å². The predicted molar refractivity (Wildman–Crippen MR) is 148 cm³/mol. The van der Waals surface area contributed by atoms with Gasteiger partial charge >= 0.3 is 12.2 Å². The average molecular weight is 553 g/mol. The summed E-state index contributed by atoms with van der Waals surface area (Å²) in [6.07, 6.45) is -3.38. The Morgan fingerprint density at radius 3 is 2.30 bits per heavy atom. The van der Waals surface area contributed by atoms with Crippen LogP contribution in [0.3, 0.4) is 0 Å². The zero-order valence-corrected chi connectivity index (χ0v) is 22.2. The molecule has 1 heterocycles. The van der Waals surface area contributed by atoms with Crippen molar-refractivity contribution in [3.05, 3.63) is 83.9 Å². The molecule has 1 saturated heterocycles. The van der Waals surface area contributed by atoms with Crippen molar-refractivity contribution in [3.8, 4) is 11.1 Å². The van der Waals surface area contributed by atoms with Gasteiger partial charge < -0.3 is 20.9 Å². The maximum Gasteiger partial charge on any atom is 0.416 e. The largest absolute Gasteiger partial charge is 0.416 e. The van der Waals surface area contributed by atoms with E-state index in [4.69, 9.17) is 0 Å². The Labute approximate surface area is 230 Å². The number of alkyl halides is 3. The summed E-state index contributed by atoms with van der Waals surface area (Å²) in [7, 11) is 0. The summed E-state index contributed by atoms with van der Waals surface area (Å²) in [4.78, 5) is 40.0. The Bertz CT molecular complexity index is 1360. The third kappa shape index (κ3) is 6.99. The van der Waals surface area contributed by atoms with Crippen LogP contribution >= 0.6 is 0 Å². The molecule has 1 aliphatic heterocycles. The summed E-state index contributed by atoms with van der Waals surface area (Å²) >= 11 is 0. The number of anilines is 2. The van der Waals surface area contributed by atoms with Crippen molar-refractivity contribution in [2.45, 2.75) is 38.9 Å². The molecule has 0 saturated carbocycles. The molecule has 1 fully saturated rings. The SMILES string of the molecule is CC(C)CNC(=O)c1ccccc1-c1ccc(N2CCC[C@@H](NC(=O)Nc3ccc(C(F)(F)F)cc3)C2=O)cc1. The lowest BCUT2D eigenvalue weighted by molar-refractivity contribution is -0.137. The molecule has 3 aromatic rings. The van der Waals surface area contributed by atoms with Crippen LogP contribution in [0.1, 0.15) is 42.6 Å². The van der Waals surface area contributed by atoms with Crippen LogP contribution in [0.5, 0.6) is 0 Å². The second kappa shape index (κ2) is 12.2. The highest BCUT2D eigenvalue weighted by molar-refractivity contribution is 6.02. The highest BCUT2D eigenvalue weighted by Gasteiger charge is 2.32. The Morgan fingerprint density at radius 1 is 0.975 bits per heavy atom. The number of nitrogens with one attached hydrogen (secondary N) is 3. The van der Waals surface area contributed by atoms with E-state index in [-0.39, 0.29) is 17.5 Å². The Hall–Kier alpha value is -4.34. The molecule has 4 rings (SSSR count). The molecule has 0 aliphatic carbocycles. The van der Waals surface area contributed by atoms with Crippen molar-refractivity contribution in [2.24, 2.45) is 5.92 Å². The van der Waals surface area contributed by atoms with Crippen LogP contribution < -0.4 is 20.9 Å². The van der Waals surface area contributed by atoms with E-state index in [9.17, 15) is 27.6 Å². The van der Waals surface area contributed by atoms with Crippen LogP contribution in [0.2, 0.25) is 0 Å². The minimum atomic E-state index is -4.47. The van der Waals surface area contributed by atoms with E-state index in [1.54, 1.807) is 23.1 Å². The van der Waals surface area contributed by atoms with E-state index < -0.39 is 23.8 Å². The zero-order chi connectivity index (χ0) is 28.9. The Balaban J connectivity index is 1.41. The monoisotopic (exact) mass is 552 g/mol. The number of benzene rings is 3. The standard InChI is InChI=1S/C30H31F3N4O3/c1-19(2)18-34-27(38)25-7-4-3-6-24(25)20-9-15-23(16-10-20)37-17-5-8-26(28(37)39)36-29(40)35-22-13-11-21(12-14-22)30(31,32)33/h3-4,6-7,9-16,19,26H,5,8,17-18H2,1-2H3,(H,34,38)(H2,35,36,40)/t26-/m1/s1. The fraction of sp³-hybridized carbons (Fsp3) is 0.300. The van der Waals surface area contributed by atoms with Gasteiger partial charge in [0.05, 0.1) is 5.56 Å². The van der Waals surface area contributed by atoms with Crippen molar-refractivity contribution < 1.29 is 27.6 Å². The highest BCUT2D eigenvalue weighted by atomic mass is 19.4. The molecule has 1 atom stereocenters. The summed E-state index contributed by atoms with van der Waals surface area (Å²) in [5.74, 6) is -0.107. The van der Waals surface area contributed by atoms with Crippen molar-refractivity contribution in [1.29, 1.82) is 0 Å². The van der Waals surface area contributed by atoms with Gasteiger partial charge in [0, 0.05) is 30.0 Å². The molecule has 0 radical (unpaired) electrons. The number of hydrogen-bond acceptors (Lipinski definition) is 3. The number of hydrogen-bond donors (Lipinski definition) is 3. The Kier molecular flexibility index (Phi) is 8.77. The molecular formula is C30H31F3N4O3. The normalized spacial score (nSPS) is 15.6. The molecule has 0 bridgehead atoms. The van der Waals surface area contributed by atoms with Gasteiger partial charge in [-0.15, -0.1) is 0 Å². The minimum absolute atomic E-state index is 0.150. The molecule has 0 unspecified atom stereocenters. The van der Waals surface area contributed by atoms with Gasteiger partial charge in [0.15, 0.2) is 0 Å². The minimum Gasteiger partial charge on any atom is -0.352 e. The van der Waals surface area contributed by atoms with Crippen LogP contribution in [0.25, 0.3) is 11.1 Å². The van der Waals surface area contributed by atoms with E-state index in [0.29, 0.717) is 43.1 Å². The first-order chi connectivity index (χ1) is 19.0. The summed E-state index contributed by atoms with van der Waals surface area (Å²) in [6.45, 7) is 5.10. The number of nitrogens with zero attached hydrogens (tertiary/aromatic N) is 1. The second-order valence-corrected chi connectivity index (χ2v) is 10.1. The van der Waals surface area contributed by atoms with Gasteiger partial charge in [0.2, 0.25) is 5.91 Å². The Morgan fingerprint density at radius 2 is 1.65 bits per heavy atom. The molecule has 10 heteroatoms. The van der Waals surface area contributed by atoms with Crippen LogP contribution in [0.15, 0.2) is 72.8 Å². The van der Waals surface area contributed by atoms with Crippen molar-refractivity contribution in [3.63, 3.8) is 0 Å². The fourth-order valence-corrected chi connectivity index (χ4v) is 4.48. The van der Waals surface area contributed by atoms with E-state index in [2.05, 4.69) is 16.0 Å². The van der Waals surface area contributed by atoms with Crippen molar-refractivity contribution in [2.75, 3.05) is 23.3 Å². The van der Waals surface area contributed by atoms with Gasteiger partial charge in [-0.2, -0.15) is 13.2 Å². The van der Waals surface area contributed by atoms with E-state index >= 15 is 0 Å². The lowest BCUT2D eigenvalue weighted by Crippen LogP contribution is -2.53. The van der Waals surface area contributed by atoms with Crippen LogP contribution in [0, 0.1) is 5.92 Å². The van der Waals surface area contributed by atoms with Crippen molar-refractivity contribution >= 4 is 29.2 Å². The molecule has 40 heavy (non-hydrogen) atoms. The zero-order valence-electron chi connectivity index (χ0n) is 22.2. The number of rotatable bonds is 7. The van der Waals surface area contributed by atoms with Crippen LogP contribution in [-0.2, 0) is 11.0 Å². The number of halogens is 3. The summed E-state index contributed by atoms with van der Waals surface area (Å²) < 4.78 is 38.3. The van der Waals surface area contributed by atoms with Gasteiger partial charge in [0.25, 0.3) is 5.91 Å². The smallest absolute Gasteiger partial charge is 0.352 e. The number of carbonyl (C=O) groups is 3. The fourth-order valence-electron chi connectivity index (χ4n) is 4.48. The summed E-state index contributed by atoms with van der Waals surface area (Å²) in [5.41, 5.74) is 2.19. The van der Waals surface area contributed by atoms with Gasteiger partial charge in [0.1, 0.15) is 6.04 Å². The molecule has 7 nitrogen and oxygen atoms in total. The van der Waals surface area contributed by atoms with Gasteiger partial charge in [-0.05, 0) is 72.4 Å². The molecular weight excluding hydrogens is 521 g/mol. The third-order valence-corrected chi connectivity index (χ3v) is 6.55. The number of amides is 4. The maximum absolute atomic E-state index is 13.2. The van der Waals surface area contributed by atoms with E-state index in [1.165, 1.54) is 0 Å². The molecule has 1 aliphatic rings. The highest BCUT2D eigenvalue weighted by Crippen LogP contribution is 2.30. The molecule has 3 aromatic carbocycles.